The summed E-state index contributed by atoms with van der Waals surface area (Å²) < 4.78 is 17.2. The molecule has 3 heterocycles. The fourth-order valence-corrected chi connectivity index (χ4v) is 4.01. The van der Waals surface area contributed by atoms with E-state index in [1.807, 2.05) is 42.5 Å². The van der Waals surface area contributed by atoms with Gasteiger partial charge in [0.25, 0.3) is 5.56 Å². The number of rotatable bonds is 5. The van der Waals surface area contributed by atoms with Crippen LogP contribution in [-0.2, 0) is 11.3 Å². The lowest BCUT2D eigenvalue weighted by Crippen LogP contribution is -2.50. The molecule has 3 aromatic rings. The molecule has 1 aromatic heterocycles. The van der Waals surface area contributed by atoms with Crippen LogP contribution < -0.4 is 24.7 Å². The Morgan fingerprint density at radius 2 is 1.73 bits per heavy atom. The Hall–Kier alpha value is -4.01. The minimum Gasteiger partial charge on any atom is -0.497 e. The highest BCUT2D eigenvalue weighted by atomic mass is 16.7. The monoisotopic (exact) mass is 448 g/mol. The van der Waals surface area contributed by atoms with E-state index in [1.54, 1.807) is 18.1 Å². The van der Waals surface area contributed by atoms with Crippen LogP contribution in [-0.4, -0.2) is 60.7 Å². The standard InChI is InChI=1S/C24H24N4O5/c1-31-19-5-3-18(4-6-19)26-10-12-27(13-11-26)24(30)15-28-23(29)9-7-20(25-28)17-2-8-21-22(14-17)33-16-32-21/h2-9,14H,10-13,15-16H2,1H3. The van der Waals surface area contributed by atoms with Crippen molar-refractivity contribution in [1.82, 2.24) is 14.7 Å². The van der Waals surface area contributed by atoms with Gasteiger partial charge in [-0.05, 0) is 48.5 Å². The van der Waals surface area contributed by atoms with Crippen LogP contribution in [0.5, 0.6) is 17.2 Å². The number of fused-ring (bicyclic) bond motifs is 1. The van der Waals surface area contributed by atoms with Gasteiger partial charge >= 0.3 is 0 Å². The van der Waals surface area contributed by atoms with Gasteiger partial charge in [0.1, 0.15) is 12.3 Å². The summed E-state index contributed by atoms with van der Waals surface area (Å²) in [6.07, 6.45) is 0. The largest absolute Gasteiger partial charge is 0.497 e. The van der Waals surface area contributed by atoms with Crippen molar-refractivity contribution < 1.29 is 19.0 Å². The smallest absolute Gasteiger partial charge is 0.267 e. The van der Waals surface area contributed by atoms with Gasteiger partial charge in [-0.15, -0.1) is 0 Å². The third-order valence-electron chi connectivity index (χ3n) is 5.89. The molecular weight excluding hydrogens is 424 g/mol. The van der Waals surface area contributed by atoms with Crippen LogP contribution in [0, 0.1) is 0 Å². The second-order valence-electron chi connectivity index (χ2n) is 7.85. The number of amides is 1. The highest BCUT2D eigenvalue weighted by molar-refractivity contribution is 5.76. The van der Waals surface area contributed by atoms with Gasteiger partial charge in [-0.25, -0.2) is 4.68 Å². The van der Waals surface area contributed by atoms with Crippen LogP contribution in [0.1, 0.15) is 0 Å². The third-order valence-corrected chi connectivity index (χ3v) is 5.89. The van der Waals surface area contributed by atoms with Crippen molar-refractivity contribution in [2.75, 3.05) is 45.0 Å². The first kappa shape index (κ1) is 20.9. The number of nitrogens with zero attached hydrogens (tertiary/aromatic N) is 4. The Morgan fingerprint density at radius 3 is 2.48 bits per heavy atom. The predicted octanol–water partition coefficient (Wildman–Crippen LogP) is 2.00. The summed E-state index contributed by atoms with van der Waals surface area (Å²) in [5, 5.41) is 4.42. The van der Waals surface area contributed by atoms with E-state index in [4.69, 9.17) is 14.2 Å². The summed E-state index contributed by atoms with van der Waals surface area (Å²) in [5.74, 6) is 2.00. The second kappa shape index (κ2) is 8.85. The van der Waals surface area contributed by atoms with E-state index in [-0.39, 0.29) is 24.8 Å². The molecular formula is C24H24N4O5. The number of benzene rings is 2. The molecule has 0 unspecified atom stereocenters. The van der Waals surface area contributed by atoms with Gasteiger partial charge in [-0.3, -0.25) is 9.59 Å². The topological polar surface area (TPSA) is 86.1 Å². The maximum Gasteiger partial charge on any atom is 0.267 e. The van der Waals surface area contributed by atoms with E-state index < -0.39 is 0 Å². The zero-order valence-electron chi connectivity index (χ0n) is 18.3. The quantitative estimate of drug-likeness (QED) is 0.590. The number of hydrogen-bond donors (Lipinski definition) is 0. The molecule has 1 saturated heterocycles. The van der Waals surface area contributed by atoms with E-state index in [1.165, 1.54) is 10.7 Å². The Bertz CT molecular complexity index is 1220. The summed E-state index contributed by atoms with van der Waals surface area (Å²) in [6, 6.07) is 16.4. The lowest BCUT2D eigenvalue weighted by molar-refractivity contribution is -0.132. The normalized spacial score (nSPS) is 14.9. The highest BCUT2D eigenvalue weighted by Crippen LogP contribution is 2.35. The third kappa shape index (κ3) is 4.34. The summed E-state index contributed by atoms with van der Waals surface area (Å²) in [6.45, 7) is 2.70. The number of piperazine rings is 1. The number of carbonyl (C=O) groups excluding carboxylic acids is 1. The summed E-state index contributed by atoms with van der Waals surface area (Å²) in [7, 11) is 1.64. The average Bonchev–Trinajstić information content (AvgIpc) is 3.33. The molecule has 2 aromatic carbocycles. The Labute approximate surface area is 190 Å². The molecule has 0 N–H and O–H groups in total. The molecule has 1 amide bonds. The van der Waals surface area contributed by atoms with Gasteiger partial charge in [0.05, 0.1) is 12.8 Å². The zero-order chi connectivity index (χ0) is 22.8. The van der Waals surface area contributed by atoms with E-state index in [9.17, 15) is 9.59 Å². The minimum atomic E-state index is -0.315. The van der Waals surface area contributed by atoms with Crippen molar-refractivity contribution in [3.63, 3.8) is 0 Å². The molecule has 33 heavy (non-hydrogen) atoms. The average molecular weight is 448 g/mol. The fourth-order valence-electron chi connectivity index (χ4n) is 4.01. The Morgan fingerprint density at radius 1 is 0.970 bits per heavy atom. The molecule has 0 spiro atoms. The first-order chi connectivity index (χ1) is 16.1. The number of methoxy groups -OCH3 is 1. The van der Waals surface area contributed by atoms with E-state index in [0.717, 1.165) is 30.1 Å². The lowest BCUT2D eigenvalue weighted by atomic mass is 10.1. The summed E-state index contributed by atoms with van der Waals surface area (Å²) in [4.78, 5) is 29.3. The maximum absolute atomic E-state index is 12.9. The first-order valence-corrected chi connectivity index (χ1v) is 10.8. The molecule has 0 radical (unpaired) electrons. The second-order valence-corrected chi connectivity index (χ2v) is 7.85. The number of ether oxygens (including phenoxy) is 3. The van der Waals surface area contributed by atoms with Crippen molar-refractivity contribution in [2.45, 2.75) is 6.54 Å². The van der Waals surface area contributed by atoms with Crippen molar-refractivity contribution >= 4 is 11.6 Å². The molecule has 9 nitrogen and oxygen atoms in total. The van der Waals surface area contributed by atoms with Crippen molar-refractivity contribution in [1.29, 1.82) is 0 Å². The molecule has 1 fully saturated rings. The molecule has 2 aliphatic rings. The Kier molecular flexibility index (Phi) is 5.60. The van der Waals surface area contributed by atoms with Crippen molar-refractivity contribution in [3.05, 3.63) is 65.0 Å². The van der Waals surface area contributed by atoms with Crippen molar-refractivity contribution in [2.24, 2.45) is 0 Å². The van der Waals surface area contributed by atoms with E-state index in [0.29, 0.717) is 30.3 Å². The van der Waals surface area contributed by atoms with Gasteiger partial charge in [0, 0.05) is 43.5 Å². The molecule has 5 rings (SSSR count). The molecule has 9 heteroatoms. The van der Waals surface area contributed by atoms with Crippen LogP contribution in [0.4, 0.5) is 5.69 Å². The lowest BCUT2D eigenvalue weighted by Gasteiger charge is -2.36. The van der Waals surface area contributed by atoms with E-state index in [2.05, 4.69) is 10.00 Å². The van der Waals surface area contributed by atoms with Gasteiger partial charge in [-0.1, -0.05) is 0 Å². The SMILES string of the molecule is COc1ccc(N2CCN(C(=O)Cn3nc(-c4ccc5c(c4)OCO5)ccc3=O)CC2)cc1. The van der Waals surface area contributed by atoms with Crippen molar-refractivity contribution in [3.8, 4) is 28.5 Å². The molecule has 0 bridgehead atoms. The molecule has 0 saturated carbocycles. The van der Waals surface area contributed by atoms with E-state index >= 15 is 0 Å². The van der Waals surface area contributed by atoms with Gasteiger partial charge < -0.3 is 24.0 Å². The van der Waals surface area contributed by atoms with Crippen LogP contribution in [0.15, 0.2) is 59.4 Å². The molecule has 170 valence electrons. The number of aromatic nitrogens is 2. The maximum atomic E-state index is 12.9. The summed E-state index contributed by atoms with van der Waals surface area (Å²) in [5.41, 5.74) is 2.15. The zero-order valence-corrected chi connectivity index (χ0v) is 18.3. The highest BCUT2D eigenvalue weighted by Gasteiger charge is 2.22. The van der Waals surface area contributed by atoms with Crippen LogP contribution >= 0.6 is 0 Å². The molecule has 0 aliphatic carbocycles. The molecule has 0 atom stereocenters. The van der Waals surface area contributed by atoms with Gasteiger partial charge in [0.15, 0.2) is 11.5 Å². The number of carbonyl (C=O) groups is 1. The molecule has 2 aliphatic heterocycles. The number of hydrogen-bond acceptors (Lipinski definition) is 7. The summed E-state index contributed by atoms with van der Waals surface area (Å²) >= 11 is 0. The van der Waals surface area contributed by atoms with Crippen LogP contribution in [0.2, 0.25) is 0 Å². The Balaban J connectivity index is 1.24. The minimum absolute atomic E-state index is 0.0975. The van der Waals surface area contributed by atoms with Crippen LogP contribution in [0.3, 0.4) is 0 Å². The fraction of sp³-hybridized carbons (Fsp3) is 0.292. The van der Waals surface area contributed by atoms with Gasteiger partial charge in [0.2, 0.25) is 12.7 Å². The first-order valence-electron chi connectivity index (χ1n) is 10.8. The predicted molar refractivity (Wildman–Crippen MR) is 122 cm³/mol. The van der Waals surface area contributed by atoms with Gasteiger partial charge in [-0.2, -0.15) is 5.10 Å². The van der Waals surface area contributed by atoms with Crippen LogP contribution in [0.25, 0.3) is 11.3 Å². The number of anilines is 1.